The average Bonchev–Trinajstić information content (AvgIpc) is 2.37. The number of hydrogen-bond donors (Lipinski definition) is 1. The Morgan fingerprint density at radius 1 is 1.41 bits per heavy atom. The van der Waals surface area contributed by atoms with Gasteiger partial charge in [0.1, 0.15) is 0 Å². The van der Waals surface area contributed by atoms with E-state index in [0.717, 1.165) is 13.1 Å². The zero-order valence-electron chi connectivity index (χ0n) is 10.8. The number of urea groups is 1. The van der Waals surface area contributed by atoms with Gasteiger partial charge in [0.15, 0.2) is 0 Å². The minimum atomic E-state index is 0.00782. The van der Waals surface area contributed by atoms with Gasteiger partial charge in [-0.3, -0.25) is 0 Å². The molecule has 0 unspecified atom stereocenters. The molecule has 0 aromatic carbocycles. The van der Waals surface area contributed by atoms with Crippen LogP contribution < -0.4 is 5.32 Å². The minimum absolute atomic E-state index is 0.00782. The molecule has 1 fully saturated rings. The van der Waals surface area contributed by atoms with Gasteiger partial charge in [-0.2, -0.15) is 0 Å². The summed E-state index contributed by atoms with van der Waals surface area (Å²) in [5.74, 6) is 0. The van der Waals surface area contributed by atoms with Gasteiger partial charge in [0.05, 0.1) is 19.8 Å². The third kappa shape index (κ3) is 5.86. The van der Waals surface area contributed by atoms with Gasteiger partial charge < -0.3 is 24.6 Å². The summed E-state index contributed by atoms with van der Waals surface area (Å²) in [6, 6.07) is 0.00782. The van der Waals surface area contributed by atoms with Crippen LogP contribution in [0.1, 0.15) is 0 Å². The summed E-state index contributed by atoms with van der Waals surface area (Å²) in [5, 5.41) is 2.91. The fourth-order valence-corrected chi connectivity index (χ4v) is 1.59. The molecule has 0 saturated carbocycles. The summed E-state index contributed by atoms with van der Waals surface area (Å²) < 4.78 is 10.2. The van der Waals surface area contributed by atoms with Crippen LogP contribution in [0.25, 0.3) is 0 Å². The molecule has 0 aliphatic carbocycles. The molecular weight excluding hydrogens is 222 g/mol. The monoisotopic (exact) mass is 245 g/mol. The van der Waals surface area contributed by atoms with E-state index in [1.807, 2.05) is 7.05 Å². The van der Waals surface area contributed by atoms with Crippen molar-refractivity contribution in [3.8, 4) is 0 Å². The van der Waals surface area contributed by atoms with E-state index >= 15 is 0 Å². The molecule has 0 aromatic rings. The van der Waals surface area contributed by atoms with Crippen molar-refractivity contribution in [2.45, 2.75) is 0 Å². The van der Waals surface area contributed by atoms with E-state index in [0.29, 0.717) is 39.5 Å². The van der Waals surface area contributed by atoms with Crippen molar-refractivity contribution in [2.24, 2.45) is 0 Å². The first-order chi connectivity index (χ1) is 8.24. The van der Waals surface area contributed by atoms with Gasteiger partial charge in [0.2, 0.25) is 0 Å². The maximum atomic E-state index is 11.7. The second-order valence-corrected chi connectivity index (χ2v) is 4.13. The van der Waals surface area contributed by atoms with Crippen LogP contribution in [0.4, 0.5) is 4.79 Å². The van der Waals surface area contributed by atoms with Gasteiger partial charge in [-0.1, -0.05) is 0 Å². The van der Waals surface area contributed by atoms with Crippen LogP contribution in [0.5, 0.6) is 0 Å². The number of nitrogens with one attached hydrogen (secondary N) is 1. The Morgan fingerprint density at radius 2 is 2.12 bits per heavy atom. The molecule has 1 aliphatic rings. The highest BCUT2D eigenvalue weighted by molar-refractivity contribution is 5.74. The van der Waals surface area contributed by atoms with E-state index in [1.54, 1.807) is 12.0 Å². The highest BCUT2D eigenvalue weighted by Crippen LogP contribution is 1.96. The third-order valence-corrected chi connectivity index (χ3v) is 2.75. The summed E-state index contributed by atoms with van der Waals surface area (Å²) in [6.07, 6.45) is 0. The van der Waals surface area contributed by atoms with E-state index in [1.165, 1.54) is 0 Å². The molecule has 1 rings (SSSR count). The topological polar surface area (TPSA) is 54.0 Å². The van der Waals surface area contributed by atoms with Crippen LogP contribution in [-0.2, 0) is 9.47 Å². The number of hydrogen-bond acceptors (Lipinski definition) is 4. The molecule has 17 heavy (non-hydrogen) atoms. The molecule has 0 radical (unpaired) electrons. The number of carbonyl (C=O) groups excluding carboxylic acids is 1. The molecule has 0 atom stereocenters. The Kier molecular flexibility index (Phi) is 6.91. The Balaban J connectivity index is 2.06. The number of morpholine rings is 1. The zero-order chi connectivity index (χ0) is 12.5. The normalized spacial score (nSPS) is 16.3. The fraction of sp³-hybridized carbons (Fsp3) is 0.909. The quantitative estimate of drug-likeness (QED) is 0.692. The van der Waals surface area contributed by atoms with Gasteiger partial charge in [0.25, 0.3) is 0 Å². The number of rotatable bonds is 6. The molecule has 0 spiro atoms. The summed E-state index contributed by atoms with van der Waals surface area (Å²) in [5.41, 5.74) is 0. The second kappa shape index (κ2) is 8.27. The summed E-state index contributed by atoms with van der Waals surface area (Å²) in [6.45, 7) is 5.74. The lowest BCUT2D eigenvalue weighted by Crippen LogP contribution is -2.47. The van der Waals surface area contributed by atoms with Crippen molar-refractivity contribution < 1.29 is 14.3 Å². The van der Waals surface area contributed by atoms with E-state index in [2.05, 4.69) is 10.2 Å². The van der Waals surface area contributed by atoms with Crippen LogP contribution in [0.15, 0.2) is 0 Å². The SMILES string of the molecule is COCCN(C)CCNC(=O)N1CCOCC1. The zero-order valence-corrected chi connectivity index (χ0v) is 10.8. The van der Waals surface area contributed by atoms with Gasteiger partial charge in [-0.25, -0.2) is 4.79 Å². The molecule has 1 aliphatic heterocycles. The van der Waals surface area contributed by atoms with Crippen molar-refractivity contribution in [1.29, 1.82) is 0 Å². The highest BCUT2D eigenvalue weighted by Gasteiger charge is 2.15. The summed E-state index contributed by atoms with van der Waals surface area (Å²) in [7, 11) is 3.70. The number of carbonyl (C=O) groups is 1. The van der Waals surface area contributed by atoms with Crippen molar-refractivity contribution in [2.75, 3.05) is 66.7 Å². The number of methoxy groups -OCH3 is 1. The average molecular weight is 245 g/mol. The second-order valence-electron chi connectivity index (χ2n) is 4.13. The lowest BCUT2D eigenvalue weighted by molar-refractivity contribution is 0.0531. The van der Waals surface area contributed by atoms with Crippen LogP contribution in [0.2, 0.25) is 0 Å². The molecule has 0 aromatic heterocycles. The maximum absolute atomic E-state index is 11.7. The Hall–Kier alpha value is -0.850. The first-order valence-electron chi connectivity index (χ1n) is 6.02. The molecule has 1 N–H and O–H groups in total. The molecule has 6 nitrogen and oxygen atoms in total. The van der Waals surface area contributed by atoms with E-state index in [4.69, 9.17) is 9.47 Å². The Labute approximate surface area is 103 Å². The predicted molar refractivity (Wildman–Crippen MR) is 65.2 cm³/mol. The molecule has 2 amide bonds. The Morgan fingerprint density at radius 3 is 2.76 bits per heavy atom. The molecular formula is C11H23N3O3. The van der Waals surface area contributed by atoms with Crippen molar-refractivity contribution in [1.82, 2.24) is 15.1 Å². The fourth-order valence-electron chi connectivity index (χ4n) is 1.59. The Bertz CT molecular complexity index is 220. The summed E-state index contributed by atoms with van der Waals surface area (Å²) >= 11 is 0. The van der Waals surface area contributed by atoms with Gasteiger partial charge in [-0.15, -0.1) is 0 Å². The van der Waals surface area contributed by atoms with Crippen LogP contribution in [0.3, 0.4) is 0 Å². The van der Waals surface area contributed by atoms with Gasteiger partial charge in [0, 0.05) is 39.8 Å². The maximum Gasteiger partial charge on any atom is 0.317 e. The standard InChI is InChI=1S/C11H23N3O3/c1-13(5-8-16-2)4-3-12-11(15)14-6-9-17-10-7-14/h3-10H2,1-2H3,(H,12,15). The van der Waals surface area contributed by atoms with Crippen LogP contribution in [-0.4, -0.2) is 82.5 Å². The number of amides is 2. The smallest absolute Gasteiger partial charge is 0.317 e. The number of ether oxygens (including phenoxy) is 2. The molecule has 1 saturated heterocycles. The predicted octanol–water partition coefficient (Wildman–Crippen LogP) is -0.394. The lowest BCUT2D eigenvalue weighted by atomic mass is 10.4. The van der Waals surface area contributed by atoms with Gasteiger partial charge >= 0.3 is 6.03 Å². The van der Waals surface area contributed by atoms with E-state index in [9.17, 15) is 4.79 Å². The van der Waals surface area contributed by atoms with Crippen molar-refractivity contribution in [3.63, 3.8) is 0 Å². The third-order valence-electron chi connectivity index (χ3n) is 2.75. The first-order valence-corrected chi connectivity index (χ1v) is 6.02. The largest absolute Gasteiger partial charge is 0.383 e. The number of likely N-dealkylation sites (N-methyl/N-ethyl adjacent to an activating group) is 1. The highest BCUT2D eigenvalue weighted by atomic mass is 16.5. The van der Waals surface area contributed by atoms with Crippen LogP contribution in [0, 0.1) is 0 Å². The number of nitrogens with zero attached hydrogens (tertiary/aromatic N) is 2. The lowest BCUT2D eigenvalue weighted by Gasteiger charge is -2.27. The molecule has 0 bridgehead atoms. The van der Waals surface area contributed by atoms with Gasteiger partial charge in [-0.05, 0) is 7.05 Å². The van der Waals surface area contributed by atoms with E-state index < -0.39 is 0 Å². The van der Waals surface area contributed by atoms with Crippen molar-refractivity contribution >= 4 is 6.03 Å². The van der Waals surface area contributed by atoms with Crippen LogP contribution >= 0.6 is 0 Å². The van der Waals surface area contributed by atoms with E-state index in [-0.39, 0.29) is 6.03 Å². The first kappa shape index (κ1) is 14.2. The molecule has 6 heteroatoms. The molecule has 100 valence electrons. The summed E-state index contributed by atoms with van der Waals surface area (Å²) in [4.78, 5) is 15.6. The minimum Gasteiger partial charge on any atom is -0.383 e. The molecule has 1 heterocycles. The van der Waals surface area contributed by atoms with Crippen molar-refractivity contribution in [3.05, 3.63) is 0 Å².